The Hall–Kier alpha value is -1.06. The number of benzene rings is 1. The Balaban J connectivity index is 1.85. The van der Waals surface area contributed by atoms with E-state index in [2.05, 4.69) is 23.1 Å². The average Bonchev–Trinajstić information content (AvgIpc) is 2.92. The molecule has 3 rings (SSSR count). The number of hydrogen-bond donors (Lipinski definition) is 2. The van der Waals surface area contributed by atoms with Crippen LogP contribution in [0, 0.1) is 11.8 Å². The van der Waals surface area contributed by atoms with Crippen LogP contribution in [0.2, 0.25) is 0 Å². The molecule has 1 aromatic carbocycles. The minimum Gasteiger partial charge on any atom is -0.393 e. The van der Waals surface area contributed by atoms with Crippen LogP contribution in [0.1, 0.15) is 31.4 Å². The largest absolute Gasteiger partial charge is 0.393 e. The molecule has 1 saturated heterocycles. The van der Waals surface area contributed by atoms with E-state index in [0.717, 1.165) is 19.5 Å². The van der Waals surface area contributed by atoms with Gasteiger partial charge in [0.2, 0.25) is 0 Å². The predicted octanol–water partition coefficient (Wildman–Crippen LogP) is 1.91. The Bertz CT molecular complexity index is 432. The summed E-state index contributed by atoms with van der Waals surface area (Å²) in [5.41, 5.74) is 8.52. The summed E-state index contributed by atoms with van der Waals surface area (Å²) < 4.78 is 0. The van der Waals surface area contributed by atoms with Crippen molar-refractivity contribution in [2.75, 3.05) is 18.0 Å². The fourth-order valence-corrected chi connectivity index (χ4v) is 3.59. The Morgan fingerprint density at radius 3 is 2.78 bits per heavy atom. The number of nitrogens with zero attached hydrogens (tertiary/aromatic N) is 1. The second-order valence-corrected chi connectivity index (χ2v) is 5.82. The van der Waals surface area contributed by atoms with Crippen LogP contribution in [0.15, 0.2) is 24.3 Å². The fraction of sp³-hybridized carbons (Fsp3) is 0.600. The zero-order valence-corrected chi connectivity index (χ0v) is 10.9. The lowest BCUT2D eigenvalue weighted by molar-refractivity contribution is 0.133. The zero-order chi connectivity index (χ0) is 12.7. The molecule has 1 saturated carbocycles. The third-order valence-corrected chi connectivity index (χ3v) is 4.59. The van der Waals surface area contributed by atoms with Crippen LogP contribution in [0.3, 0.4) is 0 Å². The van der Waals surface area contributed by atoms with Gasteiger partial charge in [-0.3, -0.25) is 0 Å². The Morgan fingerprint density at radius 2 is 2.06 bits per heavy atom. The summed E-state index contributed by atoms with van der Waals surface area (Å²) in [6, 6.07) is 8.46. The molecular weight excluding hydrogens is 224 g/mol. The van der Waals surface area contributed by atoms with Gasteiger partial charge in [-0.15, -0.1) is 0 Å². The molecule has 3 heteroatoms. The molecule has 0 radical (unpaired) electrons. The van der Waals surface area contributed by atoms with Crippen molar-refractivity contribution in [3.63, 3.8) is 0 Å². The highest BCUT2D eigenvalue weighted by atomic mass is 16.3. The molecule has 3 nitrogen and oxygen atoms in total. The molecule has 1 heterocycles. The Labute approximate surface area is 109 Å². The fourth-order valence-electron chi connectivity index (χ4n) is 3.59. The lowest BCUT2D eigenvalue weighted by Gasteiger charge is -2.24. The molecular formula is C15H22N2O. The van der Waals surface area contributed by atoms with Gasteiger partial charge in [-0.2, -0.15) is 0 Å². The van der Waals surface area contributed by atoms with E-state index in [4.69, 9.17) is 5.73 Å². The van der Waals surface area contributed by atoms with Crippen LogP contribution in [0.25, 0.3) is 0 Å². The van der Waals surface area contributed by atoms with Crippen molar-refractivity contribution in [3.8, 4) is 0 Å². The first kappa shape index (κ1) is 12.0. The van der Waals surface area contributed by atoms with Crippen LogP contribution in [-0.4, -0.2) is 24.3 Å². The minimum absolute atomic E-state index is 0.0616. The number of anilines is 1. The Kier molecular flexibility index (Phi) is 3.04. The number of rotatable bonds is 2. The maximum absolute atomic E-state index is 9.99. The normalized spacial score (nSPS) is 32.6. The van der Waals surface area contributed by atoms with E-state index in [1.807, 2.05) is 13.0 Å². The molecule has 0 spiro atoms. The standard InChI is InChI=1S/C15H22N2O/c1-10(16)12-4-2-3-5-14(12)17-8-11-6-7-15(18)13(11)9-17/h2-5,10-11,13,15,18H,6-9,16H2,1H3/t10-,11?,13?,15?/m0/s1. The molecule has 18 heavy (non-hydrogen) atoms. The van der Waals surface area contributed by atoms with E-state index in [0.29, 0.717) is 11.8 Å². The van der Waals surface area contributed by atoms with E-state index < -0.39 is 0 Å². The third-order valence-electron chi connectivity index (χ3n) is 4.59. The summed E-state index contributed by atoms with van der Waals surface area (Å²) in [4.78, 5) is 2.41. The number of hydrogen-bond acceptors (Lipinski definition) is 3. The van der Waals surface area contributed by atoms with Crippen molar-refractivity contribution in [2.45, 2.75) is 31.9 Å². The van der Waals surface area contributed by atoms with Crippen molar-refractivity contribution < 1.29 is 5.11 Å². The number of aliphatic hydroxyl groups excluding tert-OH is 1. The van der Waals surface area contributed by atoms with Crippen LogP contribution in [0.4, 0.5) is 5.69 Å². The van der Waals surface area contributed by atoms with Gasteiger partial charge in [0.05, 0.1) is 6.10 Å². The van der Waals surface area contributed by atoms with Gasteiger partial charge in [0.1, 0.15) is 0 Å². The smallest absolute Gasteiger partial charge is 0.0588 e. The van der Waals surface area contributed by atoms with Crippen LogP contribution < -0.4 is 10.6 Å². The van der Waals surface area contributed by atoms with Crippen molar-refractivity contribution in [1.82, 2.24) is 0 Å². The lowest BCUT2D eigenvalue weighted by atomic mass is 10.00. The summed E-state index contributed by atoms with van der Waals surface area (Å²) >= 11 is 0. The monoisotopic (exact) mass is 246 g/mol. The lowest BCUT2D eigenvalue weighted by Crippen LogP contribution is -2.26. The molecule has 2 aliphatic rings. The molecule has 0 aromatic heterocycles. The number of aliphatic hydroxyl groups is 1. The average molecular weight is 246 g/mol. The third kappa shape index (κ3) is 1.91. The van der Waals surface area contributed by atoms with Gasteiger partial charge in [0.25, 0.3) is 0 Å². The summed E-state index contributed by atoms with van der Waals surface area (Å²) in [6.45, 7) is 4.09. The van der Waals surface area contributed by atoms with Gasteiger partial charge in [-0.1, -0.05) is 18.2 Å². The molecule has 4 atom stereocenters. The van der Waals surface area contributed by atoms with Crippen molar-refractivity contribution in [3.05, 3.63) is 29.8 Å². The molecule has 1 aliphatic carbocycles. The maximum Gasteiger partial charge on any atom is 0.0588 e. The van der Waals surface area contributed by atoms with E-state index in [-0.39, 0.29) is 12.1 Å². The summed E-state index contributed by atoms with van der Waals surface area (Å²) in [5.74, 6) is 1.13. The summed E-state index contributed by atoms with van der Waals surface area (Å²) in [5, 5.41) is 9.99. The molecule has 3 unspecified atom stereocenters. The highest BCUT2D eigenvalue weighted by molar-refractivity contribution is 5.56. The van der Waals surface area contributed by atoms with Gasteiger partial charge in [0, 0.05) is 30.7 Å². The summed E-state index contributed by atoms with van der Waals surface area (Å²) in [6.07, 6.45) is 2.06. The molecule has 2 fully saturated rings. The Morgan fingerprint density at radius 1 is 1.28 bits per heavy atom. The number of para-hydroxylation sites is 1. The SMILES string of the molecule is C[C@H](N)c1ccccc1N1CC2CCC(O)C2C1. The first-order valence-electron chi connectivity index (χ1n) is 6.94. The van der Waals surface area contributed by atoms with Crippen molar-refractivity contribution >= 4 is 5.69 Å². The van der Waals surface area contributed by atoms with Crippen LogP contribution >= 0.6 is 0 Å². The predicted molar refractivity (Wildman–Crippen MR) is 73.5 cm³/mol. The molecule has 98 valence electrons. The van der Waals surface area contributed by atoms with Crippen molar-refractivity contribution in [1.29, 1.82) is 0 Å². The van der Waals surface area contributed by atoms with Crippen LogP contribution in [-0.2, 0) is 0 Å². The van der Waals surface area contributed by atoms with E-state index in [9.17, 15) is 5.11 Å². The summed E-state index contributed by atoms with van der Waals surface area (Å²) in [7, 11) is 0. The van der Waals surface area contributed by atoms with E-state index in [1.54, 1.807) is 0 Å². The first-order chi connectivity index (χ1) is 8.66. The van der Waals surface area contributed by atoms with Crippen molar-refractivity contribution in [2.24, 2.45) is 17.6 Å². The minimum atomic E-state index is -0.0949. The number of fused-ring (bicyclic) bond motifs is 1. The van der Waals surface area contributed by atoms with Gasteiger partial charge < -0.3 is 15.7 Å². The van der Waals surface area contributed by atoms with E-state index >= 15 is 0 Å². The second kappa shape index (κ2) is 4.56. The quantitative estimate of drug-likeness (QED) is 0.838. The highest BCUT2D eigenvalue weighted by Gasteiger charge is 2.42. The zero-order valence-electron chi connectivity index (χ0n) is 10.9. The maximum atomic E-state index is 9.99. The molecule has 0 amide bonds. The van der Waals surface area contributed by atoms with Gasteiger partial charge in [0.15, 0.2) is 0 Å². The molecule has 1 aliphatic heterocycles. The number of nitrogens with two attached hydrogens (primary N) is 1. The molecule has 0 bridgehead atoms. The van der Waals surface area contributed by atoms with Crippen LogP contribution in [0.5, 0.6) is 0 Å². The first-order valence-corrected chi connectivity index (χ1v) is 6.94. The second-order valence-electron chi connectivity index (χ2n) is 5.82. The van der Waals surface area contributed by atoms with E-state index in [1.165, 1.54) is 17.7 Å². The molecule has 3 N–H and O–H groups in total. The van der Waals surface area contributed by atoms with Gasteiger partial charge >= 0.3 is 0 Å². The topological polar surface area (TPSA) is 49.5 Å². The molecule has 1 aromatic rings. The highest BCUT2D eigenvalue weighted by Crippen LogP contribution is 2.41. The van der Waals surface area contributed by atoms with Gasteiger partial charge in [-0.25, -0.2) is 0 Å². The van der Waals surface area contributed by atoms with Gasteiger partial charge in [-0.05, 0) is 37.3 Å².